The number of hydrogen-bond donors (Lipinski definition) is 0. The second-order valence-electron chi connectivity index (χ2n) is 5.21. The molecule has 0 N–H and O–H groups in total. The normalized spacial score (nSPS) is 13.2. The van der Waals surface area contributed by atoms with E-state index in [0.717, 1.165) is 16.7 Å². The van der Waals surface area contributed by atoms with Gasteiger partial charge in [-0.15, -0.1) is 0 Å². The van der Waals surface area contributed by atoms with Gasteiger partial charge in [-0.05, 0) is 38.5 Å². The smallest absolute Gasteiger partial charge is 0.194 e. The van der Waals surface area contributed by atoms with E-state index in [-0.39, 0.29) is 11.6 Å². The van der Waals surface area contributed by atoms with Gasteiger partial charge in [-0.2, -0.15) is 0 Å². The van der Waals surface area contributed by atoms with Gasteiger partial charge in [-0.3, -0.25) is 9.59 Å². The van der Waals surface area contributed by atoms with Gasteiger partial charge in [0.05, 0.1) is 0 Å². The molecule has 1 aliphatic rings. The molecule has 0 amide bonds. The molecular weight excluding hydrogens is 236 g/mol. The lowest BCUT2D eigenvalue weighted by atomic mass is 9.81. The summed E-state index contributed by atoms with van der Waals surface area (Å²) in [7, 11) is 0. The molecule has 0 aromatic heterocycles. The molecule has 2 heteroatoms. The topological polar surface area (TPSA) is 34.1 Å². The minimum Gasteiger partial charge on any atom is -0.289 e. The van der Waals surface area contributed by atoms with Gasteiger partial charge in [-0.25, -0.2) is 0 Å². The summed E-state index contributed by atoms with van der Waals surface area (Å²) in [5.41, 5.74) is 5.03. The zero-order valence-electron chi connectivity index (χ0n) is 11.2. The highest BCUT2D eigenvalue weighted by molar-refractivity contribution is 6.29. The first-order valence-corrected chi connectivity index (χ1v) is 6.30. The van der Waals surface area contributed by atoms with Crippen LogP contribution in [0.2, 0.25) is 0 Å². The van der Waals surface area contributed by atoms with Crippen molar-refractivity contribution in [3.63, 3.8) is 0 Å². The molecule has 0 saturated carbocycles. The van der Waals surface area contributed by atoms with Crippen LogP contribution in [0.4, 0.5) is 0 Å². The van der Waals surface area contributed by atoms with Crippen molar-refractivity contribution in [2.75, 3.05) is 0 Å². The van der Waals surface area contributed by atoms with Gasteiger partial charge in [-0.1, -0.05) is 29.3 Å². The van der Waals surface area contributed by atoms with Crippen molar-refractivity contribution in [2.45, 2.75) is 20.8 Å². The van der Waals surface area contributed by atoms with Crippen LogP contribution in [-0.2, 0) is 0 Å². The molecule has 0 fully saturated rings. The lowest BCUT2D eigenvalue weighted by Gasteiger charge is -2.20. The zero-order chi connectivity index (χ0) is 13.7. The molecule has 94 valence electrons. The van der Waals surface area contributed by atoms with Gasteiger partial charge in [0.1, 0.15) is 0 Å². The molecule has 3 rings (SSSR count). The Labute approximate surface area is 112 Å². The molecule has 0 spiro atoms. The van der Waals surface area contributed by atoms with Crippen molar-refractivity contribution >= 4 is 11.6 Å². The van der Waals surface area contributed by atoms with Crippen molar-refractivity contribution in [1.82, 2.24) is 0 Å². The molecule has 19 heavy (non-hydrogen) atoms. The summed E-state index contributed by atoms with van der Waals surface area (Å²) in [6.45, 7) is 5.75. The van der Waals surface area contributed by atoms with Gasteiger partial charge in [0.25, 0.3) is 0 Å². The lowest BCUT2D eigenvalue weighted by molar-refractivity contribution is 0.0978. The highest BCUT2D eigenvalue weighted by Crippen LogP contribution is 2.30. The summed E-state index contributed by atoms with van der Waals surface area (Å²) in [5.74, 6) is -0.0813. The van der Waals surface area contributed by atoms with E-state index in [9.17, 15) is 9.59 Å². The highest BCUT2D eigenvalue weighted by atomic mass is 16.1. The van der Waals surface area contributed by atoms with Gasteiger partial charge in [0.2, 0.25) is 0 Å². The van der Waals surface area contributed by atoms with E-state index in [2.05, 4.69) is 0 Å². The van der Waals surface area contributed by atoms with E-state index in [1.54, 1.807) is 12.1 Å². The summed E-state index contributed by atoms with van der Waals surface area (Å²) < 4.78 is 0. The Kier molecular flexibility index (Phi) is 2.42. The molecule has 0 saturated heterocycles. The molecule has 2 nitrogen and oxygen atoms in total. The summed E-state index contributed by atoms with van der Waals surface area (Å²) >= 11 is 0. The minimum absolute atomic E-state index is 0.0363. The van der Waals surface area contributed by atoms with Crippen LogP contribution < -0.4 is 0 Å². The minimum atomic E-state index is -0.0450. The summed E-state index contributed by atoms with van der Waals surface area (Å²) in [4.78, 5) is 25.1. The molecule has 0 bridgehead atoms. The predicted molar refractivity (Wildman–Crippen MR) is 74.0 cm³/mol. The fraction of sp³-hybridized carbons (Fsp3) is 0.176. The van der Waals surface area contributed by atoms with Crippen LogP contribution in [-0.4, -0.2) is 11.6 Å². The van der Waals surface area contributed by atoms with E-state index >= 15 is 0 Å². The molecular formula is C17H14O2. The monoisotopic (exact) mass is 250 g/mol. The van der Waals surface area contributed by atoms with Gasteiger partial charge >= 0.3 is 0 Å². The van der Waals surface area contributed by atoms with E-state index in [4.69, 9.17) is 0 Å². The van der Waals surface area contributed by atoms with E-state index in [0.29, 0.717) is 22.3 Å². The highest BCUT2D eigenvalue weighted by Gasteiger charge is 2.30. The maximum atomic E-state index is 12.6. The maximum absolute atomic E-state index is 12.6. The van der Waals surface area contributed by atoms with Crippen molar-refractivity contribution in [3.8, 4) is 0 Å². The van der Waals surface area contributed by atoms with Gasteiger partial charge in [0, 0.05) is 22.3 Å². The van der Waals surface area contributed by atoms with Gasteiger partial charge < -0.3 is 0 Å². The zero-order valence-corrected chi connectivity index (χ0v) is 11.2. The number of ketones is 2. The second-order valence-corrected chi connectivity index (χ2v) is 5.21. The number of rotatable bonds is 0. The van der Waals surface area contributed by atoms with Crippen LogP contribution in [0.3, 0.4) is 0 Å². The Morgan fingerprint density at radius 1 is 0.684 bits per heavy atom. The van der Waals surface area contributed by atoms with Crippen LogP contribution in [0.15, 0.2) is 30.3 Å². The number of hydrogen-bond acceptors (Lipinski definition) is 2. The third-order valence-corrected chi connectivity index (χ3v) is 3.62. The standard InChI is InChI=1S/C17H14O2/c1-9-4-5-12-13(7-9)17(19)15-11(3)6-10(2)8-14(15)16(12)18/h4-8H,1-3H3. The summed E-state index contributed by atoms with van der Waals surface area (Å²) in [6.07, 6.45) is 0. The fourth-order valence-electron chi connectivity index (χ4n) is 2.77. The first-order valence-electron chi connectivity index (χ1n) is 6.30. The van der Waals surface area contributed by atoms with Crippen molar-refractivity contribution < 1.29 is 9.59 Å². The lowest BCUT2D eigenvalue weighted by Crippen LogP contribution is -2.22. The average Bonchev–Trinajstić information content (AvgIpc) is 2.35. The van der Waals surface area contributed by atoms with Crippen molar-refractivity contribution in [1.29, 1.82) is 0 Å². The number of carbonyl (C=O) groups is 2. The molecule has 0 heterocycles. The van der Waals surface area contributed by atoms with Crippen molar-refractivity contribution in [3.05, 3.63) is 69.3 Å². The molecule has 2 aromatic carbocycles. The van der Waals surface area contributed by atoms with E-state index in [1.807, 2.05) is 39.0 Å². The number of fused-ring (bicyclic) bond motifs is 2. The van der Waals surface area contributed by atoms with E-state index < -0.39 is 0 Å². The van der Waals surface area contributed by atoms with Crippen LogP contribution in [0.5, 0.6) is 0 Å². The molecule has 0 atom stereocenters. The number of carbonyl (C=O) groups excluding carboxylic acids is 2. The molecule has 2 aromatic rings. The van der Waals surface area contributed by atoms with Crippen LogP contribution in [0.1, 0.15) is 48.5 Å². The third-order valence-electron chi connectivity index (χ3n) is 3.62. The van der Waals surface area contributed by atoms with Gasteiger partial charge in [0.15, 0.2) is 11.6 Å². The molecule has 0 aliphatic heterocycles. The van der Waals surface area contributed by atoms with Crippen LogP contribution in [0.25, 0.3) is 0 Å². The fourth-order valence-corrected chi connectivity index (χ4v) is 2.77. The quantitative estimate of drug-likeness (QED) is 0.613. The number of aryl methyl sites for hydroxylation is 3. The SMILES string of the molecule is Cc1ccc2c(c1)C(=O)c1c(C)cc(C)cc1C2=O. The Balaban J connectivity index is 2.36. The van der Waals surface area contributed by atoms with Crippen molar-refractivity contribution in [2.24, 2.45) is 0 Å². The first-order chi connectivity index (χ1) is 8.99. The van der Waals surface area contributed by atoms with E-state index in [1.165, 1.54) is 0 Å². The Hall–Kier alpha value is -2.22. The average molecular weight is 250 g/mol. The Bertz CT molecular complexity index is 739. The molecule has 0 radical (unpaired) electrons. The number of benzene rings is 2. The summed E-state index contributed by atoms with van der Waals surface area (Å²) in [6, 6.07) is 9.19. The Morgan fingerprint density at radius 2 is 1.37 bits per heavy atom. The second kappa shape index (κ2) is 3.89. The molecule has 1 aliphatic carbocycles. The predicted octanol–water partition coefficient (Wildman–Crippen LogP) is 3.39. The van der Waals surface area contributed by atoms with Crippen LogP contribution in [0, 0.1) is 20.8 Å². The maximum Gasteiger partial charge on any atom is 0.194 e. The summed E-state index contributed by atoms with van der Waals surface area (Å²) in [5, 5.41) is 0. The Morgan fingerprint density at radius 3 is 2.11 bits per heavy atom. The van der Waals surface area contributed by atoms with Crippen LogP contribution >= 0.6 is 0 Å². The largest absolute Gasteiger partial charge is 0.289 e. The molecule has 0 unspecified atom stereocenters. The third kappa shape index (κ3) is 1.64. The first kappa shape index (κ1) is 11.8.